The van der Waals surface area contributed by atoms with E-state index in [0.29, 0.717) is 5.76 Å². The van der Waals surface area contributed by atoms with E-state index >= 15 is 0 Å². The minimum atomic E-state index is -0.180. The van der Waals surface area contributed by atoms with Gasteiger partial charge in [-0.05, 0) is 43.5 Å². The SMILES string of the molecule is Cc1c(C(=O)N[C@@H](C)c2cccs2)oc2ccc(Br)cc12. The van der Waals surface area contributed by atoms with E-state index in [1.54, 1.807) is 11.3 Å². The molecule has 3 rings (SSSR count). The van der Waals surface area contributed by atoms with Crippen LogP contribution < -0.4 is 5.32 Å². The number of carbonyl (C=O) groups is 1. The topological polar surface area (TPSA) is 42.2 Å². The zero-order chi connectivity index (χ0) is 15.0. The molecule has 0 saturated heterocycles. The van der Waals surface area contributed by atoms with Gasteiger partial charge in [0, 0.05) is 20.3 Å². The van der Waals surface area contributed by atoms with Crippen LogP contribution in [0.3, 0.4) is 0 Å². The van der Waals surface area contributed by atoms with E-state index in [0.717, 1.165) is 25.9 Å². The van der Waals surface area contributed by atoms with Gasteiger partial charge in [0.1, 0.15) is 5.58 Å². The van der Waals surface area contributed by atoms with Gasteiger partial charge in [0.25, 0.3) is 5.91 Å². The summed E-state index contributed by atoms with van der Waals surface area (Å²) in [5, 5.41) is 5.94. The van der Waals surface area contributed by atoms with Crippen molar-refractivity contribution in [2.75, 3.05) is 0 Å². The Morgan fingerprint density at radius 2 is 2.19 bits per heavy atom. The molecule has 1 atom stereocenters. The molecule has 0 aliphatic rings. The number of hydrogen-bond donors (Lipinski definition) is 1. The highest BCUT2D eigenvalue weighted by molar-refractivity contribution is 9.10. The van der Waals surface area contributed by atoms with E-state index in [9.17, 15) is 4.79 Å². The monoisotopic (exact) mass is 363 g/mol. The number of amides is 1. The Hall–Kier alpha value is -1.59. The summed E-state index contributed by atoms with van der Waals surface area (Å²) >= 11 is 5.07. The van der Waals surface area contributed by atoms with E-state index < -0.39 is 0 Å². The lowest BCUT2D eigenvalue weighted by atomic mass is 10.1. The Morgan fingerprint density at radius 1 is 1.38 bits per heavy atom. The van der Waals surface area contributed by atoms with Crippen LogP contribution in [0, 0.1) is 6.92 Å². The molecule has 0 fully saturated rings. The van der Waals surface area contributed by atoms with Crippen LogP contribution in [0.2, 0.25) is 0 Å². The van der Waals surface area contributed by atoms with Crippen molar-refractivity contribution in [2.45, 2.75) is 19.9 Å². The summed E-state index contributed by atoms with van der Waals surface area (Å²) in [5.74, 6) is 0.201. The molecule has 0 aliphatic heterocycles. The molecule has 0 spiro atoms. The van der Waals surface area contributed by atoms with Crippen LogP contribution in [0.5, 0.6) is 0 Å². The van der Waals surface area contributed by atoms with Gasteiger partial charge in [-0.25, -0.2) is 0 Å². The first kappa shape index (κ1) is 14.4. The molecule has 0 aliphatic carbocycles. The largest absolute Gasteiger partial charge is 0.451 e. The molecule has 2 aromatic heterocycles. The van der Waals surface area contributed by atoms with Gasteiger partial charge in [-0.2, -0.15) is 0 Å². The summed E-state index contributed by atoms with van der Waals surface area (Å²) in [7, 11) is 0. The molecule has 1 N–H and O–H groups in total. The first-order valence-corrected chi connectivity index (χ1v) is 8.26. The van der Waals surface area contributed by atoms with Gasteiger partial charge in [0.05, 0.1) is 6.04 Å². The third-order valence-corrected chi connectivity index (χ3v) is 4.97. The van der Waals surface area contributed by atoms with Crippen molar-refractivity contribution < 1.29 is 9.21 Å². The number of carbonyl (C=O) groups excluding carboxylic acids is 1. The molecule has 0 bridgehead atoms. The third-order valence-electron chi connectivity index (χ3n) is 3.42. The van der Waals surface area contributed by atoms with E-state index in [2.05, 4.69) is 21.2 Å². The zero-order valence-electron chi connectivity index (χ0n) is 11.6. The highest BCUT2D eigenvalue weighted by atomic mass is 79.9. The molecule has 1 aromatic carbocycles. The fourth-order valence-corrected chi connectivity index (χ4v) is 3.38. The molecule has 3 nitrogen and oxygen atoms in total. The number of thiophene rings is 1. The van der Waals surface area contributed by atoms with Crippen LogP contribution >= 0.6 is 27.3 Å². The number of rotatable bonds is 3. The second-order valence-electron chi connectivity index (χ2n) is 4.91. The second kappa shape index (κ2) is 5.66. The Bertz CT molecular complexity index is 792. The van der Waals surface area contributed by atoms with Crippen molar-refractivity contribution in [1.82, 2.24) is 5.32 Å². The van der Waals surface area contributed by atoms with E-state index in [1.807, 2.05) is 49.6 Å². The van der Waals surface area contributed by atoms with Crippen LogP contribution in [0.25, 0.3) is 11.0 Å². The molecular formula is C16H14BrNO2S. The lowest BCUT2D eigenvalue weighted by molar-refractivity contribution is 0.0914. The van der Waals surface area contributed by atoms with Gasteiger partial charge >= 0.3 is 0 Å². The Kier molecular flexibility index (Phi) is 3.87. The number of halogens is 1. The smallest absolute Gasteiger partial charge is 0.287 e. The average Bonchev–Trinajstić information content (AvgIpc) is 3.08. The molecule has 3 aromatic rings. The molecule has 1 amide bonds. The maximum Gasteiger partial charge on any atom is 0.287 e. The lowest BCUT2D eigenvalue weighted by Crippen LogP contribution is -2.26. The number of fused-ring (bicyclic) bond motifs is 1. The number of benzene rings is 1. The van der Waals surface area contributed by atoms with E-state index in [1.165, 1.54) is 0 Å². The first-order valence-electron chi connectivity index (χ1n) is 6.59. The molecule has 108 valence electrons. The van der Waals surface area contributed by atoms with Crippen molar-refractivity contribution in [3.8, 4) is 0 Å². The molecule has 5 heteroatoms. The van der Waals surface area contributed by atoms with Gasteiger partial charge in [-0.3, -0.25) is 4.79 Å². The quantitative estimate of drug-likeness (QED) is 0.706. The molecule has 0 saturated carbocycles. The van der Waals surface area contributed by atoms with Crippen molar-refractivity contribution in [1.29, 1.82) is 0 Å². The molecular weight excluding hydrogens is 350 g/mol. The van der Waals surface area contributed by atoms with Crippen molar-refractivity contribution in [3.05, 3.63) is 56.4 Å². The minimum absolute atomic E-state index is 0.0307. The lowest BCUT2D eigenvalue weighted by Gasteiger charge is -2.11. The highest BCUT2D eigenvalue weighted by Crippen LogP contribution is 2.28. The van der Waals surface area contributed by atoms with Crippen LogP contribution in [0.15, 0.2) is 44.6 Å². The fraction of sp³-hybridized carbons (Fsp3) is 0.188. The fourth-order valence-electron chi connectivity index (χ4n) is 2.28. The minimum Gasteiger partial charge on any atom is -0.451 e. The third kappa shape index (κ3) is 2.76. The second-order valence-corrected chi connectivity index (χ2v) is 6.80. The number of nitrogens with one attached hydrogen (secondary N) is 1. The summed E-state index contributed by atoms with van der Waals surface area (Å²) < 4.78 is 6.67. The Balaban J connectivity index is 1.89. The Labute approximate surface area is 135 Å². The zero-order valence-corrected chi connectivity index (χ0v) is 14.0. The van der Waals surface area contributed by atoms with Crippen molar-refractivity contribution in [3.63, 3.8) is 0 Å². The number of aryl methyl sites for hydroxylation is 1. The predicted octanol–water partition coefficient (Wildman–Crippen LogP) is 5.06. The average molecular weight is 364 g/mol. The van der Waals surface area contributed by atoms with Crippen LogP contribution in [-0.4, -0.2) is 5.91 Å². The standard InChI is InChI=1S/C16H14BrNO2S/c1-9-12-8-11(17)5-6-13(12)20-15(9)16(19)18-10(2)14-4-3-7-21-14/h3-8,10H,1-2H3,(H,18,19)/t10-/m0/s1. The van der Waals surface area contributed by atoms with Gasteiger partial charge in [-0.1, -0.05) is 22.0 Å². The molecule has 0 radical (unpaired) electrons. The summed E-state index contributed by atoms with van der Waals surface area (Å²) in [6.07, 6.45) is 0. The van der Waals surface area contributed by atoms with Crippen LogP contribution in [0.1, 0.15) is 34.0 Å². The molecule has 0 unspecified atom stereocenters. The maximum atomic E-state index is 12.4. The van der Waals surface area contributed by atoms with Gasteiger partial charge in [0.2, 0.25) is 0 Å². The van der Waals surface area contributed by atoms with E-state index in [-0.39, 0.29) is 11.9 Å². The summed E-state index contributed by atoms with van der Waals surface area (Å²) in [5.41, 5.74) is 1.59. The van der Waals surface area contributed by atoms with Crippen molar-refractivity contribution >= 4 is 44.1 Å². The maximum absolute atomic E-state index is 12.4. The van der Waals surface area contributed by atoms with Gasteiger partial charge < -0.3 is 9.73 Å². The molecule has 21 heavy (non-hydrogen) atoms. The number of furan rings is 1. The highest BCUT2D eigenvalue weighted by Gasteiger charge is 2.20. The Morgan fingerprint density at radius 3 is 2.90 bits per heavy atom. The van der Waals surface area contributed by atoms with Gasteiger partial charge in [0.15, 0.2) is 5.76 Å². The molecule has 2 heterocycles. The van der Waals surface area contributed by atoms with Crippen molar-refractivity contribution in [2.24, 2.45) is 0 Å². The van der Waals surface area contributed by atoms with Crippen LogP contribution in [0.4, 0.5) is 0 Å². The summed E-state index contributed by atoms with van der Waals surface area (Å²) in [6, 6.07) is 9.70. The predicted molar refractivity (Wildman–Crippen MR) is 88.9 cm³/mol. The summed E-state index contributed by atoms with van der Waals surface area (Å²) in [6.45, 7) is 3.88. The van der Waals surface area contributed by atoms with Crippen LogP contribution in [-0.2, 0) is 0 Å². The normalized spacial score (nSPS) is 12.5. The van der Waals surface area contributed by atoms with Gasteiger partial charge in [-0.15, -0.1) is 11.3 Å². The number of hydrogen-bond acceptors (Lipinski definition) is 3. The summed E-state index contributed by atoms with van der Waals surface area (Å²) in [4.78, 5) is 13.5. The first-order chi connectivity index (χ1) is 10.1. The van der Waals surface area contributed by atoms with E-state index in [4.69, 9.17) is 4.42 Å².